The molecule has 0 bridgehead atoms. The predicted molar refractivity (Wildman–Crippen MR) is 126 cm³/mol. The van der Waals surface area contributed by atoms with Crippen LogP contribution in [0.5, 0.6) is 11.5 Å². The van der Waals surface area contributed by atoms with E-state index in [4.69, 9.17) is 18.9 Å². The van der Waals surface area contributed by atoms with Crippen LogP contribution in [-0.2, 0) is 14.2 Å². The summed E-state index contributed by atoms with van der Waals surface area (Å²) in [6, 6.07) is 14.0. The normalized spacial score (nSPS) is 17.7. The van der Waals surface area contributed by atoms with E-state index in [0.29, 0.717) is 25.6 Å². The summed E-state index contributed by atoms with van der Waals surface area (Å²) >= 11 is 1.76. The molecule has 0 amide bonds. The van der Waals surface area contributed by atoms with Gasteiger partial charge >= 0.3 is 0 Å². The Morgan fingerprint density at radius 1 is 1.00 bits per heavy atom. The summed E-state index contributed by atoms with van der Waals surface area (Å²) in [5, 5.41) is 14.3. The Labute approximate surface area is 187 Å². The van der Waals surface area contributed by atoms with Gasteiger partial charge in [-0.05, 0) is 37.8 Å². The van der Waals surface area contributed by atoms with Crippen molar-refractivity contribution in [1.82, 2.24) is 0 Å². The lowest BCUT2D eigenvalue weighted by Crippen LogP contribution is -2.25. The molecular formula is C25H30O5S. The third kappa shape index (κ3) is 5.44. The molecule has 1 saturated heterocycles. The highest BCUT2D eigenvalue weighted by molar-refractivity contribution is 7.99. The zero-order valence-corrected chi connectivity index (χ0v) is 19.1. The largest absolute Gasteiger partial charge is 0.507 e. The number of hydrogen-bond acceptors (Lipinski definition) is 6. The number of thioether (sulfide) groups is 1. The summed E-state index contributed by atoms with van der Waals surface area (Å²) < 4.78 is 23.1. The minimum atomic E-state index is -0.0965. The third-order valence-corrected chi connectivity index (χ3v) is 6.15. The molecule has 1 N–H and O–H groups in total. The molecule has 3 aromatic carbocycles. The van der Waals surface area contributed by atoms with E-state index in [1.54, 1.807) is 11.8 Å². The van der Waals surface area contributed by atoms with Crippen LogP contribution in [0.3, 0.4) is 0 Å². The first-order chi connectivity index (χ1) is 15.1. The molecule has 0 saturated carbocycles. The molecule has 1 aliphatic rings. The second kappa shape index (κ2) is 10.1. The molecule has 3 atom stereocenters. The lowest BCUT2D eigenvalue weighted by Gasteiger charge is -2.20. The number of phenols is 1. The Morgan fingerprint density at radius 2 is 1.71 bits per heavy atom. The first-order valence-corrected chi connectivity index (χ1v) is 11.8. The van der Waals surface area contributed by atoms with Crippen LogP contribution in [0.2, 0.25) is 0 Å². The zero-order chi connectivity index (χ0) is 21.8. The number of benzene rings is 3. The molecule has 31 heavy (non-hydrogen) atoms. The Morgan fingerprint density at radius 3 is 2.45 bits per heavy atom. The summed E-state index contributed by atoms with van der Waals surface area (Å²) in [7, 11) is 0. The van der Waals surface area contributed by atoms with Gasteiger partial charge in [-0.25, -0.2) is 0 Å². The molecule has 166 valence electrons. The Balaban J connectivity index is 1.50. The number of rotatable bonds is 11. The van der Waals surface area contributed by atoms with E-state index in [1.807, 2.05) is 50.2 Å². The Hall–Kier alpha value is -1.99. The average Bonchev–Trinajstić information content (AvgIpc) is 3.61. The van der Waals surface area contributed by atoms with Crippen molar-refractivity contribution in [3.63, 3.8) is 0 Å². The summed E-state index contributed by atoms with van der Waals surface area (Å²) in [6.07, 6.45) is 0.174. The van der Waals surface area contributed by atoms with E-state index in [2.05, 4.69) is 13.0 Å². The van der Waals surface area contributed by atoms with Crippen LogP contribution in [0.1, 0.15) is 20.8 Å². The van der Waals surface area contributed by atoms with Gasteiger partial charge in [0.25, 0.3) is 0 Å². The van der Waals surface area contributed by atoms with Crippen molar-refractivity contribution in [2.24, 2.45) is 0 Å². The van der Waals surface area contributed by atoms with Crippen molar-refractivity contribution in [3.05, 3.63) is 42.5 Å². The van der Waals surface area contributed by atoms with Crippen molar-refractivity contribution in [2.75, 3.05) is 32.2 Å². The molecule has 0 radical (unpaired) electrons. The van der Waals surface area contributed by atoms with Crippen molar-refractivity contribution in [1.29, 1.82) is 0 Å². The molecule has 5 nitrogen and oxygen atoms in total. The van der Waals surface area contributed by atoms with Crippen LogP contribution in [0.15, 0.2) is 47.4 Å². The maximum atomic E-state index is 10.9. The number of hydrogen-bond donors (Lipinski definition) is 1. The lowest BCUT2D eigenvalue weighted by molar-refractivity contribution is -0.0449. The molecule has 3 aromatic rings. The fourth-order valence-electron chi connectivity index (χ4n) is 3.54. The maximum Gasteiger partial charge on any atom is 0.135 e. The Kier molecular flexibility index (Phi) is 7.23. The quantitative estimate of drug-likeness (QED) is 0.244. The van der Waals surface area contributed by atoms with Gasteiger partial charge in [0.15, 0.2) is 0 Å². The maximum absolute atomic E-state index is 10.9. The van der Waals surface area contributed by atoms with Gasteiger partial charge in [-0.15, -0.1) is 11.8 Å². The van der Waals surface area contributed by atoms with E-state index in [1.165, 1.54) is 0 Å². The third-order valence-electron chi connectivity index (χ3n) is 5.28. The standard InChI is InChI=1S/C25H30O5S/c1-4-31-19-9-10-22-23(11-19)24(26)20-7-5-6-8-21(20)25(22)30-13-17(3)27-12-16(2)28-14-18-15-29-18/h5-11,16-18,26H,4,12-15H2,1-3H3. The first-order valence-electron chi connectivity index (χ1n) is 10.8. The summed E-state index contributed by atoms with van der Waals surface area (Å²) in [4.78, 5) is 1.13. The number of aromatic hydroxyl groups is 1. The van der Waals surface area contributed by atoms with Crippen LogP contribution >= 0.6 is 11.8 Å². The van der Waals surface area contributed by atoms with Gasteiger partial charge in [0.1, 0.15) is 24.2 Å². The molecule has 0 spiro atoms. The van der Waals surface area contributed by atoms with Gasteiger partial charge in [0.05, 0.1) is 32.0 Å². The summed E-state index contributed by atoms with van der Waals surface area (Å²) in [5.41, 5.74) is 0. The minimum Gasteiger partial charge on any atom is -0.507 e. The highest BCUT2D eigenvalue weighted by Crippen LogP contribution is 2.43. The first kappa shape index (κ1) is 22.2. The van der Waals surface area contributed by atoms with E-state index in [9.17, 15) is 5.11 Å². The van der Waals surface area contributed by atoms with Crippen LogP contribution in [0.4, 0.5) is 0 Å². The minimum absolute atomic E-state index is 0.0106. The van der Waals surface area contributed by atoms with E-state index >= 15 is 0 Å². The SMILES string of the molecule is CCSc1ccc2c(OCC(C)OCC(C)OCC3CO3)c3ccccc3c(O)c2c1. The molecule has 1 heterocycles. The fourth-order valence-corrected chi connectivity index (χ4v) is 4.24. The van der Waals surface area contributed by atoms with E-state index in [-0.39, 0.29) is 18.3 Å². The molecule has 3 unspecified atom stereocenters. The van der Waals surface area contributed by atoms with Gasteiger partial charge < -0.3 is 24.1 Å². The van der Waals surface area contributed by atoms with Crippen LogP contribution in [-0.4, -0.2) is 55.6 Å². The van der Waals surface area contributed by atoms with Crippen molar-refractivity contribution in [3.8, 4) is 11.5 Å². The average molecular weight is 443 g/mol. The number of phenolic OH excluding ortho intramolecular Hbond substituents is 1. The van der Waals surface area contributed by atoms with Crippen molar-refractivity contribution < 1.29 is 24.1 Å². The molecule has 0 aromatic heterocycles. The monoisotopic (exact) mass is 442 g/mol. The molecule has 0 aliphatic carbocycles. The number of epoxide rings is 1. The van der Waals surface area contributed by atoms with Gasteiger partial charge in [-0.1, -0.05) is 31.2 Å². The van der Waals surface area contributed by atoms with Gasteiger partial charge in [-0.3, -0.25) is 0 Å². The smallest absolute Gasteiger partial charge is 0.135 e. The van der Waals surface area contributed by atoms with Crippen LogP contribution in [0, 0.1) is 0 Å². The second-order valence-electron chi connectivity index (χ2n) is 7.92. The van der Waals surface area contributed by atoms with Crippen molar-refractivity contribution in [2.45, 2.75) is 44.0 Å². The lowest BCUT2D eigenvalue weighted by atomic mass is 10.0. The summed E-state index contributed by atoms with van der Waals surface area (Å²) in [5.74, 6) is 2.06. The fraction of sp³-hybridized carbons (Fsp3) is 0.440. The van der Waals surface area contributed by atoms with Gasteiger partial charge in [0, 0.05) is 26.4 Å². The predicted octanol–water partition coefficient (Wildman–Crippen LogP) is 5.40. The zero-order valence-electron chi connectivity index (χ0n) is 18.3. The molecule has 4 rings (SSSR count). The van der Waals surface area contributed by atoms with E-state index < -0.39 is 0 Å². The highest BCUT2D eigenvalue weighted by Gasteiger charge is 2.23. The number of ether oxygens (including phenoxy) is 4. The highest BCUT2D eigenvalue weighted by atomic mass is 32.2. The topological polar surface area (TPSA) is 60.5 Å². The van der Waals surface area contributed by atoms with Crippen LogP contribution < -0.4 is 4.74 Å². The molecule has 1 fully saturated rings. The van der Waals surface area contributed by atoms with Crippen molar-refractivity contribution >= 4 is 33.3 Å². The Bertz CT molecular complexity index is 1030. The van der Waals surface area contributed by atoms with Crippen LogP contribution in [0.25, 0.3) is 21.5 Å². The molecule has 6 heteroatoms. The molecule has 1 aliphatic heterocycles. The van der Waals surface area contributed by atoms with Gasteiger partial charge in [0.2, 0.25) is 0 Å². The van der Waals surface area contributed by atoms with E-state index in [0.717, 1.165) is 44.5 Å². The second-order valence-corrected chi connectivity index (χ2v) is 9.26. The molecular weight excluding hydrogens is 412 g/mol. The summed E-state index contributed by atoms with van der Waals surface area (Å²) in [6.45, 7) is 8.46. The van der Waals surface area contributed by atoms with Gasteiger partial charge in [-0.2, -0.15) is 0 Å². The number of fused-ring (bicyclic) bond motifs is 2.